The first-order chi connectivity index (χ1) is 10.8. The molecule has 1 N–H and O–H groups in total. The van der Waals surface area contributed by atoms with Crippen LogP contribution in [0.25, 0.3) is 0 Å². The van der Waals surface area contributed by atoms with Gasteiger partial charge in [-0.3, -0.25) is 4.79 Å². The molecule has 120 valence electrons. The minimum atomic E-state index is -0.0626. The maximum absolute atomic E-state index is 12.1. The van der Waals surface area contributed by atoms with Gasteiger partial charge in [0, 0.05) is 31.6 Å². The van der Waals surface area contributed by atoms with Gasteiger partial charge in [0.2, 0.25) is 5.91 Å². The second kappa shape index (κ2) is 7.22. The Balaban J connectivity index is 1.43. The number of methoxy groups -OCH3 is 1. The van der Waals surface area contributed by atoms with Gasteiger partial charge >= 0.3 is 0 Å². The highest BCUT2D eigenvalue weighted by Gasteiger charge is 2.54. The molecule has 1 amide bonds. The van der Waals surface area contributed by atoms with E-state index in [2.05, 4.69) is 5.32 Å². The number of fused-ring (bicyclic) bond motifs is 1. The van der Waals surface area contributed by atoms with Gasteiger partial charge < -0.3 is 19.5 Å². The van der Waals surface area contributed by atoms with Crippen LogP contribution < -0.4 is 5.32 Å². The molecule has 0 aromatic heterocycles. The van der Waals surface area contributed by atoms with Crippen LogP contribution >= 0.6 is 0 Å². The Hall–Kier alpha value is -1.43. The van der Waals surface area contributed by atoms with Gasteiger partial charge in [0.25, 0.3) is 0 Å². The maximum Gasteiger partial charge on any atom is 0.246 e. The fourth-order valence-electron chi connectivity index (χ4n) is 3.50. The fraction of sp³-hybridized carbons (Fsp3) is 0.588. The molecule has 4 atom stereocenters. The van der Waals surface area contributed by atoms with Crippen molar-refractivity contribution in [1.29, 1.82) is 0 Å². The van der Waals surface area contributed by atoms with Crippen molar-refractivity contribution >= 4 is 5.91 Å². The van der Waals surface area contributed by atoms with Crippen LogP contribution in [0, 0.1) is 11.8 Å². The number of carbonyl (C=O) groups excluding carboxylic acids is 1. The molecule has 0 bridgehead atoms. The van der Waals surface area contributed by atoms with Gasteiger partial charge in [-0.2, -0.15) is 0 Å². The molecule has 1 saturated heterocycles. The second-order valence-electron chi connectivity index (χ2n) is 5.98. The number of amides is 1. The van der Waals surface area contributed by atoms with E-state index in [-0.39, 0.29) is 30.6 Å². The van der Waals surface area contributed by atoms with Gasteiger partial charge in [-0.05, 0) is 12.0 Å². The Bertz CT molecular complexity index is 493. The lowest BCUT2D eigenvalue weighted by atomic mass is 9.67. The molecule has 0 unspecified atom stereocenters. The third kappa shape index (κ3) is 3.32. The Labute approximate surface area is 130 Å². The Kier molecular flexibility index (Phi) is 5.08. The lowest BCUT2D eigenvalue weighted by Crippen LogP contribution is -2.63. The topological polar surface area (TPSA) is 56.8 Å². The third-order valence-corrected chi connectivity index (χ3v) is 4.56. The number of ether oxygens (including phenoxy) is 3. The molecule has 2 aliphatic rings. The van der Waals surface area contributed by atoms with Crippen LogP contribution in [0.15, 0.2) is 30.3 Å². The average molecular weight is 305 g/mol. The van der Waals surface area contributed by atoms with Crippen molar-refractivity contribution in [2.75, 3.05) is 26.9 Å². The van der Waals surface area contributed by atoms with Crippen molar-refractivity contribution < 1.29 is 19.0 Å². The number of hydrogen-bond acceptors (Lipinski definition) is 4. The van der Waals surface area contributed by atoms with Crippen LogP contribution in [0.2, 0.25) is 0 Å². The zero-order chi connectivity index (χ0) is 15.4. The first kappa shape index (κ1) is 15.5. The number of hydrogen-bond donors (Lipinski definition) is 1. The zero-order valence-corrected chi connectivity index (χ0v) is 12.9. The first-order valence-corrected chi connectivity index (χ1v) is 7.81. The highest BCUT2D eigenvalue weighted by Crippen LogP contribution is 2.43. The highest BCUT2D eigenvalue weighted by molar-refractivity contribution is 5.77. The predicted molar refractivity (Wildman–Crippen MR) is 81.2 cm³/mol. The number of nitrogens with one attached hydrogen (secondary N) is 1. The molecule has 1 aliphatic carbocycles. The standard InChI is InChI=1S/C17H23NO4/c1-20-10-14-16(13-7-8-22-17(13)14)18-15(19)11-21-9-12-5-3-2-4-6-12/h2-6,13-14,16-17H,7-11H2,1H3,(H,18,19)/t13-,14+,16+,17-/m0/s1. The van der Waals surface area contributed by atoms with Gasteiger partial charge in [0.1, 0.15) is 6.61 Å². The van der Waals surface area contributed by atoms with Crippen molar-refractivity contribution in [2.24, 2.45) is 11.8 Å². The number of rotatable bonds is 7. The molecular formula is C17H23NO4. The molecule has 0 radical (unpaired) electrons. The molecule has 1 aromatic rings. The molecule has 0 spiro atoms. The quantitative estimate of drug-likeness (QED) is 0.826. The van der Waals surface area contributed by atoms with Crippen molar-refractivity contribution in [3.05, 3.63) is 35.9 Å². The zero-order valence-electron chi connectivity index (χ0n) is 12.9. The predicted octanol–water partition coefficient (Wildman–Crippen LogP) is 1.37. The van der Waals surface area contributed by atoms with Gasteiger partial charge in [-0.25, -0.2) is 0 Å². The molecule has 22 heavy (non-hydrogen) atoms. The summed E-state index contributed by atoms with van der Waals surface area (Å²) in [5.74, 6) is 0.626. The molecule has 5 nitrogen and oxygen atoms in total. The molecule has 1 saturated carbocycles. The van der Waals surface area contributed by atoms with E-state index in [1.807, 2.05) is 30.3 Å². The Morgan fingerprint density at radius 3 is 2.95 bits per heavy atom. The van der Waals surface area contributed by atoms with Gasteiger partial charge in [-0.15, -0.1) is 0 Å². The molecule has 5 heteroatoms. The SMILES string of the molecule is COC[C@@H]1[C@H](NC(=O)COCc2ccccc2)[C@@H]2CCO[C@H]12. The molecular weight excluding hydrogens is 282 g/mol. The summed E-state index contributed by atoms with van der Waals surface area (Å²) in [6.07, 6.45) is 1.26. The average Bonchev–Trinajstić information content (AvgIpc) is 2.96. The van der Waals surface area contributed by atoms with E-state index in [1.165, 1.54) is 0 Å². The molecule has 1 aliphatic heterocycles. The summed E-state index contributed by atoms with van der Waals surface area (Å²) in [5.41, 5.74) is 1.07. The summed E-state index contributed by atoms with van der Waals surface area (Å²) >= 11 is 0. The van der Waals surface area contributed by atoms with Crippen LogP contribution in [0.3, 0.4) is 0 Å². The van der Waals surface area contributed by atoms with Gasteiger partial charge in [0.15, 0.2) is 0 Å². The first-order valence-electron chi connectivity index (χ1n) is 7.81. The van der Waals surface area contributed by atoms with Crippen LogP contribution in [-0.4, -0.2) is 45.0 Å². The maximum atomic E-state index is 12.1. The van der Waals surface area contributed by atoms with Gasteiger partial charge in [-0.1, -0.05) is 30.3 Å². The van der Waals surface area contributed by atoms with Crippen LogP contribution in [0.1, 0.15) is 12.0 Å². The van der Waals surface area contributed by atoms with Crippen molar-refractivity contribution in [3.8, 4) is 0 Å². The Morgan fingerprint density at radius 2 is 2.18 bits per heavy atom. The van der Waals surface area contributed by atoms with Crippen LogP contribution in [0.5, 0.6) is 0 Å². The molecule has 1 aromatic carbocycles. The van der Waals surface area contributed by atoms with E-state index in [9.17, 15) is 4.79 Å². The summed E-state index contributed by atoms with van der Waals surface area (Å²) in [7, 11) is 1.68. The van der Waals surface area contributed by atoms with Crippen molar-refractivity contribution in [1.82, 2.24) is 5.32 Å². The largest absolute Gasteiger partial charge is 0.384 e. The normalized spacial score (nSPS) is 29.7. The van der Waals surface area contributed by atoms with E-state index in [0.29, 0.717) is 19.1 Å². The van der Waals surface area contributed by atoms with E-state index in [4.69, 9.17) is 14.2 Å². The van der Waals surface area contributed by atoms with Crippen molar-refractivity contribution in [2.45, 2.75) is 25.2 Å². The highest BCUT2D eigenvalue weighted by atomic mass is 16.5. The number of carbonyl (C=O) groups is 1. The Morgan fingerprint density at radius 1 is 1.36 bits per heavy atom. The molecule has 3 rings (SSSR count). The van der Waals surface area contributed by atoms with E-state index < -0.39 is 0 Å². The van der Waals surface area contributed by atoms with Crippen LogP contribution in [-0.2, 0) is 25.6 Å². The summed E-state index contributed by atoms with van der Waals surface area (Å²) in [6, 6.07) is 10.0. The smallest absolute Gasteiger partial charge is 0.246 e. The van der Waals surface area contributed by atoms with Gasteiger partial charge in [0.05, 0.1) is 19.3 Å². The summed E-state index contributed by atoms with van der Waals surface area (Å²) in [4.78, 5) is 12.1. The minimum Gasteiger partial charge on any atom is -0.384 e. The third-order valence-electron chi connectivity index (χ3n) is 4.56. The summed E-state index contributed by atoms with van der Waals surface area (Å²) in [5, 5.41) is 3.09. The summed E-state index contributed by atoms with van der Waals surface area (Å²) in [6.45, 7) is 1.95. The molecule has 2 fully saturated rings. The fourth-order valence-corrected chi connectivity index (χ4v) is 3.50. The van der Waals surface area contributed by atoms with E-state index in [0.717, 1.165) is 18.6 Å². The van der Waals surface area contributed by atoms with Crippen LogP contribution in [0.4, 0.5) is 0 Å². The van der Waals surface area contributed by atoms with E-state index in [1.54, 1.807) is 7.11 Å². The second-order valence-corrected chi connectivity index (χ2v) is 5.98. The number of benzene rings is 1. The van der Waals surface area contributed by atoms with Crippen molar-refractivity contribution in [3.63, 3.8) is 0 Å². The molecule has 1 heterocycles. The monoisotopic (exact) mass is 305 g/mol. The van der Waals surface area contributed by atoms with E-state index >= 15 is 0 Å². The lowest BCUT2D eigenvalue weighted by Gasteiger charge is -2.47. The minimum absolute atomic E-state index is 0.0626. The summed E-state index contributed by atoms with van der Waals surface area (Å²) < 4.78 is 16.4. The lowest BCUT2D eigenvalue weighted by molar-refractivity contribution is -0.134.